The lowest BCUT2D eigenvalue weighted by Gasteiger charge is -2.06. The highest BCUT2D eigenvalue weighted by Crippen LogP contribution is 2.11. The van der Waals surface area contributed by atoms with Gasteiger partial charge in [-0.3, -0.25) is 0 Å². The van der Waals surface area contributed by atoms with E-state index in [2.05, 4.69) is 10.3 Å². The summed E-state index contributed by atoms with van der Waals surface area (Å²) in [5.41, 5.74) is 0. The van der Waals surface area contributed by atoms with Crippen LogP contribution < -0.4 is 10.1 Å². The van der Waals surface area contributed by atoms with Gasteiger partial charge in [0.1, 0.15) is 11.6 Å². The van der Waals surface area contributed by atoms with Crippen LogP contribution in [-0.2, 0) is 0 Å². The predicted molar refractivity (Wildman–Crippen MR) is 54.6 cm³/mol. The molecule has 0 aliphatic rings. The molecule has 72 valence electrons. The first-order chi connectivity index (χ1) is 6.22. The Balaban J connectivity index is 2.49. The van der Waals surface area contributed by atoms with E-state index in [9.17, 15) is 0 Å². The number of nitrogens with one attached hydrogen (secondary N) is 1. The predicted octanol–water partition coefficient (Wildman–Crippen LogP) is 2.13. The highest BCUT2D eigenvalue weighted by Gasteiger charge is 1.97. The number of hydrogen-bond acceptors (Lipinski definition) is 3. The van der Waals surface area contributed by atoms with Crippen LogP contribution in [0.15, 0.2) is 18.3 Å². The summed E-state index contributed by atoms with van der Waals surface area (Å²) in [6, 6.07) is 3.71. The molecule has 1 aromatic rings. The Morgan fingerprint density at radius 3 is 2.85 bits per heavy atom. The summed E-state index contributed by atoms with van der Waals surface area (Å²) in [6.45, 7) is 2.64. The van der Waals surface area contributed by atoms with E-state index in [0.29, 0.717) is 6.54 Å². The number of methoxy groups -OCH3 is 1. The first-order valence-electron chi connectivity index (χ1n) is 4.10. The molecule has 0 saturated heterocycles. The van der Waals surface area contributed by atoms with Crippen LogP contribution in [0.25, 0.3) is 0 Å². The third-order valence-electron chi connectivity index (χ3n) is 1.54. The van der Waals surface area contributed by atoms with Crippen LogP contribution >= 0.6 is 11.6 Å². The summed E-state index contributed by atoms with van der Waals surface area (Å²) < 4.78 is 4.98. The number of nitrogens with zero attached hydrogens (tertiary/aromatic N) is 1. The molecule has 0 aromatic carbocycles. The lowest BCUT2D eigenvalue weighted by molar-refractivity contribution is 0.413. The molecule has 1 aromatic heterocycles. The van der Waals surface area contributed by atoms with Crippen molar-refractivity contribution in [2.24, 2.45) is 0 Å². The summed E-state index contributed by atoms with van der Waals surface area (Å²) in [5, 5.41) is 3.20. The van der Waals surface area contributed by atoms with Crippen LogP contribution in [0.3, 0.4) is 0 Å². The standard InChI is InChI=1S/C9H13ClN2O/c1-7(10)5-11-9-4-3-8(13-2)6-12-9/h3-4,6-7H,5H2,1-2H3,(H,11,12). The first-order valence-corrected chi connectivity index (χ1v) is 4.54. The van der Waals surface area contributed by atoms with Crippen LogP contribution in [0.1, 0.15) is 6.92 Å². The summed E-state index contributed by atoms with van der Waals surface area (Å²) in [4.78, 5) is 4.13. The monoisotopic (exact) mass is 200 g/mol. The Morgan fingerprint density at radius 2 is 2.38 bits per heavy atom. The SMILES string of the molecule is COc1ccc(NCC(C)Cl)nc1. The molecule has 0 fully saturated rings. The van der Waals surface area contributed by atoms with Crippen LogP contribution in [0.4, 0.5) is 5.82 Å². The van der Waals surface area contributed by atoms with Crippen LogP contribution in [0.5, 0.6) is 5.75 Å². The number of rotatable bonds is 4. The summed E-state index contributed by atoms with van der Waals surface area (Å²) in [5.74, 6) is 1.57. The van der Waals surface area contributed by atoms with E-state index in [4.69, 9.17) is 16.3 Å². The number of aromatic nitrogens is 1. The van der Waals surface area contributed by atoms with Gasteiger partial charge in [-0.15, -0.1) is 11.6 Å². The minimum absolute atomic E-state index is 0.101. The van der Waals surface area contributed by atoms with E-state index in [1.54, 1.807) is 13.3 Å². The topological polar surface area (TPSA) is 34.1 Å². The lowest BCUT2D eigenvalue weighted by atomic mass is 10.4. The molecule has 0 aliphatic heterocycles. The number of hydrogen-bond donors (Lipinski definition) is 1. The van der Waals surface area contributed by atoms with Crippen LogP contribution in [0.2, 0.25) is 0 Å². The second kappa shape index (κ2) is 4.92. The maximum absolute atomic E-state index is 5.77. The van der Waals surface area contributed by atoms with Gasteiger partial charge in [0.25, 0.3) is 0 Å². The van der Waals surface area contributed by atoms with E-state index < -0.39 is 0 Å². The molecule has 13 heavy (non-hydrogen) atoms. The molecule has 1 heterocycles. The smallest absolute Gasteiger partial charge is 0.137 e. The Bertz CT molecular complexity index is 248. The fraction of sp³-hybridized carbons (Fsp3) is 0.444. The van der Waals surface area contributed by atoms with Gasteiger partial charge in [0.2, 0.25) is 0 Å². The zero-order valence-corrected chi connectivity index (χ0v) is 8.51. The van der Waals surface area contributed by atoms with Crippen molar-refractivity contribution in [3.05, 3.63) is 18.3 Å². The van der Waals surface area contributed by atoms with E-state index >= 15 is 0 Å². The summed E-state index contributed by atoms with van der Waals surface area (Å²) >= 11 is 5.77. The Kier molecular flexibility index (Phi) is 3.83. The second-order valence-corrected chi connectivity index (χ2v) is 3.49. The molecule has 3 nitrogen and oxygen atoms in total. The van der Waals surface area contributed by atoms with Gasteiger partial charge in [0, 0.05) is 11.9 Å². The highest BCUT2D eigenvalue weighted by molar-refractivity contribution is 6.20. The van der Waals surface area contributed by atoms with Crippen molar-refractivity contribution in [3.8, 4) is 5.75 Å². The van der Waals surface area contributed by atoms with Crippen molar-refractivity contribution >= 4 is 17.4 Å². The number of halogens is 1. The molecule has 4 heteroatoms. The van der Waals surface area contributed by atoms with E-state index in [1.807, 2.05) is 19.1 Å². The van der Waals surface area contributed by atoms with Crippen molar-refractivity contribution in [1.82, 2.24) is 4.98 Å². The van der Waals surface area contributed by atoms with E-state index in [1.165, 1.54) is 0 Å². The quantitative estimate of drug-likeness (QED) is 0.757. The van der Waals surface area contributed by atoms with Crippen molar-refractivity contribution in [3.63, 3.8) is 0 Å². The van der Waals surface area contributed by atoms with Gasteiger partial charge < -0.3 is 10.1 Å². The molecule has 1 unspecified atom stereocenters. The number of alkyl halides is 1. The van der Waals surface area contributed by atoms with Crippen molar-refractivity contribution in [2.75, 3.05) is 19.0 Å². The van der Waals surface area contributed by atoms with Gasteiger partial charge in [0.05, 0.1) is 13.3 Å². The van der Waals surface area contributed by atoms with Crippen LogP contribution in [-0.4, -0.2) is 24.0 Å². The van der Waals surface area contributed by atoms with Crippen molar-refractivity contribution < 1.29 is 4.74 Å². The van der Waals surface area contributed by atoms with Crippen molar-refractivity contribution in [2.45, 2.75) is 12.3 Å². The highest BCUT2D eigenvalue weighted by atomic mass is 35.5. The fourth-order valence-corrected chi connectivity index (χ4v) is 0.928. The van der Waals surface area contributed by atoms with Gasteiger partial charge in [-0.2, -0.15) is 0 Å². The van der Waals surface area contributed by atoms with Gasteiger partial charge in [0.15, 0.2) is 0 Å². The normalized spacial score (nSPS) is 12.2. The molecular formula is C9H13ClN2O. The Hall–Kier alpha value is -0.960. The zero-order valence-electron chi connectivity index (χ0n) is 7.75. The van der Waals surface area contributed by atoms with Gasteiger partial charge in [-0.25, -0.2) is 4.98 Å². The molecule has 0 spiro atoms. The number of ether oxygens (including phenoxy) is 1. The molecule has 1 N–H and O–H groups in total. The molecule has 0 aliphatic carbocycles. The molecule has 1 atom stereocenters. The summed E-state index contributed by atoms with van der Waals surface area (Å²) in [6.07, 6.45) is 1.67. The Morgan fingerprint density at radius 1 is 1.62 bits per heavy atom. The van der Waals surface area contributed by atoms with Crippen molar-refractivity contribution in [1.29, 1.82) is 0 Å². The molecular weight excluding hydrogens is 188 g/mol. The third-order valence-corrected chi connectivity index (χ3v) is 1.69. The zero-order chi connectivity index (χ0) is 9.68. The van der Waals surface area contributed by atoms with Crippen LogP contribution in [0, 0.1) is 0 Å². The number of anilines is 1. The second-order valence-electron chi connectivity index (χ2n) is 2.74. The summed E-state index contributed by atoms with van der Waals surface area (Å²) in [7, 11) is 1.62. The first kappa shape index (κ1) is 10.1. The van der Waals surface area contributed by atoms with E-state index in [0.717, 1.165) is 11.6 Å². The average Bonchev–Trinajstić information content (AvgIpc) is 2.15. The lowest BCUT2D eigenvalue weighted by Crippen LogP contribution is -2.11. The van der Waals surface area contributed by atoms with E-state index in [-0.39, 0.29) is 5.38 Å². The minimum atomic E-state index is 0.101. The molecule has 0 radical (unpaired) electrons. The fourth-order valence-electron chi connectivity index (χ4n) is 0.851. The maximum atomic E-state index is 5.77. The molecule has 0 amide bonds. The maximum Gasteiger partial charge on any atom is 0.137 e. The molecule has 1 rings (SSSR count). The molecule has 0 bridgehead atoms. The minimum Gasteiger partial charge on any atom is -0.495 e. The average molecular weight is 201 g/mol. The molecule has 0 saturated carbocycles. The van der Waals surface area contributed by atoms with Gasteiger partial charge in [-0.05, 0) is 19.1 Å². The Labute approximate surface area is 83.1 Å². The largest absolute Gasteiger partial charge is 0.495 e. The van der Waals surface area contributed by atoms with Gasteiger partial charge >= 0.3 is 0 Å². The third kappa shape index (κ3) is 3.51. The number of pyridine rings is 1. The van der Waals surface area contributed by atoms with Gasteiger partial charge in [-0.1, -0.05) is 0 Å².